The molecule has 2 nitrogen and oxygen atoms in total. The molecule has 1 N–H and O–H groups in total. The standard InChI is InChI=1S/C15H22F2N2/c1-15(7-8-18-11-15)12-19(10-14(16)17)9-13-5-3-2-4-6-13/h2-6,14,18H,7-12H2,1H3. The van der Waals surface area contributed by atoms with Gasteiger partial charge in [-0.3, -0.25) is 4.90 Å². The summed E-state index contributed by atoms with van der Waals surface area (Å²) in [6.07, 6.45) is -1.22. The van der Waals surface area contributed by atoms with Crippen molar-refractivity contribution in [1.82, 2.24) is 10.2 Å². The van der Waals surface area contributed by atoms with Gasteiger partial charge in [0.15, 0.2) is 0 Å². The highest BCUT2D eigenvalue weighted by Crippen LogP contribution is 2.26. The summed E-state index contributed by atoms with van der Waals surface area (Å²) in [5.41, 5.74) is 1.21. The third kappa shape index (κ3) is 4.55. The summed E-state index contributed by atoms with van der Waals surface area (Å²) in [6.45, 7) is 5.26. The highest BCUT2D eigenvalue weighted by molar-refractivity contribution is 5.14. The van der Waals surface area contributed by atoms with E-state index in [9.17, 15) is 8.78 Å². The van der Waals surface area contributed by atoms with Gasteiger partial charge in [0.25, 0.3) is 6.43 Å². The molecule has 19 heavy (non-hydrogen) atoms. The van der Waals surface area contributed by atoms with E-state index in [1.54, 1.807) is 0 Å². The van der Waals surface area contributed by atoms with Crippen molar-refractivity contribution in [2.45, 2.75) is 26.3 Å². The first-order valence-electron chi connectivity index (χ1n) is 6.83. The van der Waals surface area contributed by atoms with Crippen molar-refractivity contribution in [2.75, 3.05) is 26.2 Å². The van der Waals surface area contributed by atoms with Crippen LogP contribution in [0.5, 0.6) is 0 Å². The van der Waals surface area contributed by atoms with E-state index in [1.165, 1.54) is 0 Å². The van der Waals surface area contributed by atoms with Crippen LogP contribution in [0, 0.1) is 5.41 Å². The molecule has 0 radical (unpaired) electrons. The Morgan fingerprint density at radius 2 is 2.05 bits per heavy atom. The Balaban J connectivity index is 1.99. The molecule has 4 heteroatoms. The smallest absolute Gasteiger partial charge is 0.251 e. The fourth-order valence-electron chi connectivity index (χ4n) is 2.77. The fourth-order valence-corrected chi connectivity index (χ4v) is 2.77. The van der Waals surface area contributed by atoms with Gasteiger partial charge in [0.2, 0.25) is 0 Å². The van der Waals surface area contributed by atoms with Crippen molar-refractivity contribution in [2.24, 2.45) is 5.41 Å². The van der Waals surface area contributed by atoms with E-state index >= 15 is 0 Å². The van der Waals surface area contributed by atoms with Crippen LogP contribution in [0.2, 0.25) is 0 Å². The van der Waals surface area contributed by atoms with Gasteiger partial charge in [-0.25, -0.2) is 8.78 Å². The Labute approximate surface area is 113 Å². The third-order valence-electron chi connectivity index (χ3n) is 3.71. The highest BCUT2D eigenvalue weighted by atomic mass is 19.3. The Bertz CT molecular complexity index is 375. The lowest BCUT2D eigenvalue weighted by Gasteiger charge is -2.31. The van der Waals surface area contributed by atoms with Gasteiger partial charge in [0.05, 0.1) is 6.54 Å². The quantitative estimate of drug-likeness (QED) is 0.853. The molecular formula is C15H22F2N2. The minimum atomic E-state index is -2.28. The van der Waals surface area contributed by atoms with Gasteiger partial charge >= 0.3 is 0 Å². The molecule has 1 atom stereocenters. The fraction of sp³-hybridized carbons (Fsp3) is 0.600. The number of nitrogens with zero attached hydrogens (tertiary/aromatic N) is 1. The average molecular weight is 268 g/mol. The molecule has 0 spiro atoms. The monoisotopic (exact) mass is 268 g/mol. The van der Waals surface area contributed by atoms with Crippen LogP contribution in [-0.4, -0.2) is 37.5 Å². The SMILES string of the molecule is CC1(CN(Cc2ccccc2)CC(F)F)CCNC1. The largest absolute Gasteiger partial charge is 0.316 e. The zero-order valence-electron chi connectivity index (χ0n) is 11.4. The van der Waals surface area contributed by atoms with E-state index in [-0.39, 0.29) is 12.0 Å². The first kappa shape index (κ1) is 14.4. The van der Waals surface area contributed by atoms with E-state index < -0.39 is 6.43 Å². The predicted octanol–water partition coefficient (Wildman–Crippen LogP) is 2.75. The number of rotatable bonds is 6. The number of nitrogens with one attached hydrogen (secondary N) is 1. The summed E-state index contributed by atoms with van der Waals surface area (Å²) in [4.78, 5) is 1.88. The van der Waals surface area contributed by atoms with E-state index in [2.05, 4.69) is 12.2 Å². The van der Waals surface area contributed by atoms with Gasteiger partial charge in [-0.2, -0.15) is 0 Å². The Kier molecular flexibility index (Phi) is 4.88. The summed E-state index contributed by atoms with van der Waals surface area (Å²) in [6, 6.07) is 9.84. The lowest BCUT2D eigenvalue weighted by molar-refractivity contribution is 0.0639. The molecule has 1 aromatic rings. The van der Waals surface area contributed by atoms with Crippen molar-refractivity contribution >= 4 is 0 Å². The zero-order chi connectivity index (χ0) is 13.7. The van der Waals surface area contributed by atoms with Crippen LogP contribution in [0.3, 0.4) is 0 Å². The number of halogens is 2. The van der Waals surface area contributed by atoms with Gasteiger partial charge in [-0.1, -0.05) is 37.3 Å². The predicted molar refractivity (Wildman–Crippen MR) is 73.3 cm³/mol. The summed E-state index contributed by atoms with van der Waals surface area (Å²) in [5.74, 6) is 0. The molecule has 0 bridgehead atoms. The van der Waals surface area contributed by atoms with Crippen LogP contribution in [0.15, 0.2) is 30.3 Å². The molecule has 0 amide bonds. The molecule has 1 unspecified atom stereocenters. The maximum atomic E-state index is 12.7. The van der Waals surface area contributed by atoms with Crippen molar-refractivity contribution in [3.63, 3.8) is 0 Å². The van der Waals surface area contributed by atoms with Crippen molar-refractivity contribution in [3.05, 3.63) is 35.9 Å². The van der Waals surface area contributed by atoms with E-state index in [1.807, 2.05) is 35.2 Å². The first-order valence-corrected chi connectivity index (χ1v) is 6.83. The van der Waals surface area contributed by atoms with Gasteiger partial charge in [0.1, 0.15) is 0 Å². The van der Waals surface area contributed by atoms with Gasteiger partial charge < -0.3 is 5.32 Å². The minimum Gasteiger partial charge on any atom is -0.316 e. The molecule has 1 fully saturated rings. The topological polar surface area (TPSA) is 15.3 Å². The second-order valence-corrected chi connectivity index (χ2v) is 5.78. The molecule has 106 valence electrons. The molecule has 2 rings (SSSR count). The van der Waals surface area contributed by atoms with Crippen LogP contribution in [0.1, 0.15) is 18.9 Å². The van der Waals surface area contributed by atoms with Crippen LogP contribution >= 0.6 is 0 Å². The second kappa shape index (κ2) is 6.44. The van der Waals surface area contributed by atoms with Crippen LogP contribution in [-0.2, 0) is 6.54 Å². The molecule has 1 heterocycles. The molecule has 1 aliphatic heterocycles. The van der Waals surface area contributed by atoms with Crippen LogP contribution in [0.25, 0.3) is 0 Å². The Morgan fingerprint density at radius 1 is 1.32 bits per heavy atom. The molecule has 1 aliphatic rings. The van der Waals surface area contributed by atoms with Crippen LogP contribution < -0.4 is 5.32 Å². The summed E-state index contributed by atoms with van der Waals surface area (Å²) < 4.78 is 25.5. The molecule has 0 aromatic heterocycles. The molecule has 1 aromatic carbocycles. The van der Waals surface area contributed by atoms with Crippen molar-refractivity contribution in [3.8, 4) is 0 Å². The maximum absolute atomic E-state index is 12.7. The Hall–Kier alpha value is -1.00. The van der Waals surface area contributed by atoms with Gasteiger partial charge in [0, 0.05) is 19.6 Å². The van der Waals surface area contributed by atoms with E-state index in [0.717, 1.165) is 31.6 Å². The normalized spacial score (nSPS) is 23.4. The number of hydrogen-bond donors (Lipinski definition) is 1. The third-order valence-corrected chi connectivity index (χ3v) is 3.71. The lowest BCUT2D eigenvalue weighted by Crippen LogP contribution is -2.39. The van der Waals surface area contributed by atoms with Gasteiger partial charge in [-0.05, 0) is 23.9 Å². The van der Waals surface area contributed by atoms with Crippen LogP contribution in [0.4, 0.5) is 8.78 Å². The number of benzene rings is 1. The highest BCUT2D eigenvalue weighted by Gasteiger charge is 2.31. The molecule has 0 aliphatic carbocycles. The summed E-state index contributed by atoms with van der Waals surface area (Å²) in [5, 5.41) is 3.32. The second-order valence-electron chi connectivity index (χ2n) is 5.78. The molecule has 0 saturated carbocycles. The molecule has 1 saturated heterocycles. The Morgan fingerprint density at radius 3 is 2.63 bits per heavy atom. The van der Waals surface area contributed by atoms with Gasteiger partial charge in [-0.15, -0.1) is 0 Å². The lowest BCUT2D eigenvalue weighted by atomic mass is 9.89. The zero-order valence-corrected chi connectivity index (χ0v) is 11.4. The van der Waals surface area contributed by atoms with Crippen molar-refractivity contribution < 1.29 is 8.78 Å². The number of alkyl halides is 2. The summed E-state index contributed by atoms with van der Waals surface area (Å²) in [7, 11) is 0. The molecular weight excluding hydrogens is 246 g/mol. The van der Waals surface area contributed by atoms with Crippen molar-refractivity contribution in [1.29, 1.82) is 0 Å². The summed E-state index contributed by atoms with van der Waals surface area (Å²) >= 11 is 0. The number of hydrogen-bond acceptors (Lipinski definition) is 2. The maximum Gasteiger partial charge on any atom is 0.251 e. The first-order chi connectivity index (χ1) is 9.07. The van der Waals surface area contributed by atoms with E-state index in [0.29, 0.717) is 6.54 Å². The van der Waals surface area contributed by atoms with E-state index in [4.69, 9.17) is 0 Å². The average Bonchev–Trinajstić information content (AvgIpc) is 2.76. The minimum absolute atomic E-state index is 0.115.